The van der Waals surface area contributed by atoms with Crippen LogP contribution in [0.5, 0.6) is 0 Å². The van der Waals surface area contributed by atoms with Gasteiger partial charge in [-0.2, -0.15) is 0 Å². The van der Waals surface area contributed by atoms with Crippen LogP contribution in [0.4, 0.5) is 11.4 Å². The first-order valence-electron chi connectivity index (χ1n) is 8.80. The molecular formula is C18H27N7O2. The predicted molar refractivity (Wildman–Crippen MR) is 107 cm³/mol. The van der Waals surface area contributed by atoms with E-state index in [9.17, 15) is 4.79 Å². The Morgan fingerprint density at radius 1 is 1.19 bits per heavy atom. The Kier molecular flexibility index (Phi) is 7.33. The van der Waals surface area contributed by atoms with Crippen molar-refractivity contribution in [3.05, 3.63) is 35.5 Å². The van der Waals surface area contributed by atoms with E-state index < -0.39 is 5.91 Å². The van der Waals surface area contributed by atoms with Crippen LogP contribution in [0.3, 0.4) is 0 Å². The van der Waals surface area contributed by atoms with E-state index in [1.807, 2.05) is 24.3 Å². The zero-order valence-electron chi connectivity index (χ0n) is 15.2. The Morgan fingerprint density at radius 2 is 1.81 bits per heavy atom. The quantitative estimate of drug-likeness (QED) is 0.213. The molecule has 2 rings (SSSR count). The van der Waals surface area contributed by atoms with Gasteiger partial charge in [0, 0.05) is 56.9 Å². The maximum absolute atomic E-state index is 11.5. The lowest BCUT2D eigenvalue weighted by atomic mass is 10.1. The molecule has 9 nitrogen and oxygen atoms in total. The third kappa shape index (κ3) is 5.53. The molecule has 1 fully saturated rings. The van der Waals surface area contributed by atoms with Gasteiger partial charge in [0.05, 0.1) is 5.70 Å². The van der Waals surface area contributed by atoms with Gasteiger partial charge in [-0.1, -0.05) is 0 Å². The van der Waals surface area contributed by atoms with Gasteiger partial charge >= 0.3 is 0 Å². The molecule has 27 heavy (non-hydrogen) atoms. The molecule has 0 spiro atoms. The summed E-state index contributed by atoms with van der Waals surface area (Å²) in [5, 5.41) is 26.8. The number of nitrogens with one attached hydrogen (secondary N) is 3. The van der Waals surface area contributed by atoms with Gasteiger partial charge in [0.2, 0.25) is 0 Å². The van der Waals surface area contributed by atoms with E-state index in [1.54, 1.807) is 0 Å². The van der Waals surface area contributed by atoms with E-state index >= 15 is 0 Å². The van der Waals surface area contributed by atoms with E-state index in [1.165, 1.54) is 0 Å². The number of aliphatic hydroxyl groups excluding tert-OH is 1. The largest absolute Gasteiger partial charge is 0.397 e. The lowest BCUT2D eigenvalue weighted by molar-refractivity contribution is -0.114. The summed E-state index contributed by atoms with van der Waals surface area (Å²) in [5.74, 6) is -1.10. The Balaban J connectivity index is 1.97. The van der Waals surface area contributed by atoms with Crippen molar-refractivity contribution in [2.24, 2.45) is 11.5 Å². The fourth-order valence-electron chi connectivity index (χ4n) is 2.97. The molecule has 0 bridgehead atoms. The number of nitrogens with two attached hydrogens (primary N) is 2. The summed E-state index contributed by atoms with van der Waals surface area (Å²) in [5.41, 5.74) is 12.1. The molecule has 0 unspecified atom stereocenters. The monoisotopic (exact) mass is 373 g/mol. The summed E-state index contributed by atoms with van der Waals surface area (Å²) < 4.78 is 0. The van der Waals surface area contributed by atoms with Gasteiger partial charge in [-0.15, -0.1) is 0 Å². The highest BCUT2D eigenvalue weighted by atomic mass is 16.3. The minimum Gasteiger partial charge on any atom is -0.397 e. The number of piperazine rings is 1. The van der Waals surface area contributed by atoms with Crippen LogP contribution in [0.25, 0.3) is 0 Å². The number of primary amides is 1. The van der Waals surface area contributed by atoms with Gasteiger partial charge in [-0.3, -0.25) is 15.1 Å². The zero-order valence-corrected chi connectivity index (χ0v) is 15.2. The van der Waals surface area contributed by atoms with Crippen LogP contribution in [0.1, 0.15) is 6.42 Å². The van der Waals surface area contributed by atoms with Crippen molar-refractivity contribution in [2.45, 2.75) is 6.42 Å². The minimum atomic E-state index is -0.857. The van der Waals surface area contributed by atoms with Gasteiger partial charge in [-0.05, 0) is 30.7 Å². The second-order valence-corrected chi connectivity index (χ2v) is 6.29. The maximum Gasteiger partial charge on any atom is 0.254 e. The highest BCUT2D eigenvalue weighted by molar-refractivity contribution is 6.25. The molecule has 146 valence electrons. The molecule has 0 saturated carbocycles. The first-order valence-corrected chi connectivity index (χ1v) is 8.80. The zero-order chi connectivity index (χ0) is 19.8. The van der Waals surface area contributed by atoms with Gasteiger partial charge in [0.15, 0.2) is 0 Å². The molecule has 1 aromatic carbocycles. The van der Waals surface area contributed by atoms with Gasteiger partial charge in [0.1, 0.15) is 11.4 Å². The Hall–Kier alpha value is -2.91. The van der Waals surface area contributed by atoms with Gasteiger partial charge in [0.25, 0.3) is 5.91 Å². The number of carbonyl (C=O) groups is 1. The van der Waals surface area contributed by atoms with Crippen molar-refractivity contribution in [1.29, 1.82) is 10.8 Å². The number of amides is 1. The molecule has 0 aliphatic carbocycles. The third-order valence-electron chi connectivity index (χ3n) is 4.45. The summed E-state index contributed by atoms with van der Waals surface area (Å²) in [4.78, 5) is 16.1. The summed E-state index contributed by atoms with van der Waals surface area (Å²) >= 11 is 0. The van der Waals surface area contributed by atoms with Crippen LogP contribution >= 0.6 is 0 Å². The van der Waals surface area contributed by atoms with Crippen molar-refractivity contribution in [1.82, 2.24) is 4.90 Å². The Bertz CT molecular complexity index is 707. The van der Waals surface area contributed by atoms with Crippen molar-refractivity contribution >= 4 is 29.3 Å². The van der Waals surface area contributed by atoms with E-state index in [0.29, 0.717) is 5.69 Å². The molecule has 1 saturated heterocycles. The van der Waals surface area contributed by atoms with Crippen LogP contribution in [-0.2, 0) is 4.79 Å². The number of anilines is 2. The van der Waals surface area contributed by atoms with Crippen molar-refractivity contribution in [3.8, 4) is 0 Å². The number of rotatable bonds is 8. The molecule has 1 aliphatic heterocycles. The highest BCUT2D eigenvalue weighted by Crippen LogP contribution is 2.20. The molecule has 1 aromatic rings. The number of aliphatic hydroxyl groups is 1. The molecule has 0 aromatic heterocycles. The van der Waals surface area contributed by atoms with Crippen molar-refractivity contribution in [3.63, 3.8) is 0 Å². The number of nitrogens with zero attached hydrogens (tertiary/aromatic N) is 2. The second kappa shape index (κ2) is 9.70. The smallest absolute Gasteiger partial charge is 0.254 e. The summed E-state index contributed by atoms with van der Waals surface area (Å²) in [6, 6.07) is 7.54. The number of hydrogen-bond acceptors (Lipinski definition) is 7. The first kappa shape index (κ1) is 20.4. The molecule has 0 atom stereocenters. The van der Waals surface area contributed by atoms with Crippen LogP contribution in [0.2, 0.25) is 0 Å². The Morgan fingerprint density at radius 3 is 2.33 bits per heavy atom. The predicted octanol–water partition coefficient (Wildman–Crippen LogP) is -0.0722. The molecule has 9 heteroatoms. The standard InChI is InChI=1S/C18H27N7O2/c19-12-15(20)16(18(22)27)17(21)23-13-2-4-14(5-3-13)25-9-7-24(8-10-25)6-1-11-26/h2-5,12,19,26H,1,6-11,20H2,(H2,21,23)(H2,22,27)/b16-15+,19-12?. The van der Waals surface area contributed by atoms with E-state index in [0.717, 1.165) is 51.0 Å². The molecular weight excluding hydrogens is 346 g/mol. The maximum atomic E-state index is 11.5. The molecule has 8 N–H and O–H groups in total. The topological polar surface area (TPSA) is 156 Å². The van der Waals surface area contributed by atoms with Crippen LogP contribution < -0.4 is 21.7 Å². The van der Waals surface area contributed by atoms with E-state index in [4.69, 9.17) is 27.4 Å². The summed E-state index contributed by atoms with van der Waals surface area (Å²) in [6.07, 6.45) is 1.59. The van der Waals surface area contributed by atoms with Crippen LogP contribution in [0.15, 0.2) is 35.5 Å². The third-order valence-corrected chi connectivity index (χ3v) is 4.45. The molecule has 1 aliphatic rings. The minimum absolute atomic E-state index is 0.157. The van der Waals surface area contributed by atoms with Gasteiger partial charge in [-0.25, -0.2) is 0 Å². The lowest BCUT2D eigenvalue weighted by Crippen LogP contribution is -2.46. The van der Waals surface area contributed by atoms with Crippen LogP contribution in [-0.4, -0.2) is 67.3 Å². The molecule has 1 heterocycles. The van der Waals surface area contributed by atoms with Crippen molar-refractivity contribution < 1.29 is 9.90 Å². The second-order valence-electron chi connectivity index (χ2n) is 6.29. The van der Waals surface area contributed by atoms with Crippen molar-refractivity contribution in [2.75, 3.05) is 49.5 Å². The highest BCUT2D eigenvalue weighted by Gasteiger charge is 2.18. The number of benzene rings is 1. The molecule has 1 amide bonds. The Labute approximate surface area is 158 Å². The first-order chi connectivity index (χ1) is 13.0. The van der Waals surface area contributed by atoms with Crippen LogP contribution in [0, 0.1) is 10.8 Å². The number of hydrogen-bond donors (Lipinski definition) is 6. The van der Waals surface area contributed by atoms with Gasteiger partial charge < -0.3 is 32.2 Å². The number of allylic oxidation sites excluding steroid dienone is 1. The average molecular weight is 373 g/mol. The summed E-state index contributed by atoms with van der Waals surface area (Å²) in [7, 11) is 0. The number of amidine groups is 1. The lowest BCUT2D eigenvalue weighted by Gasteiger charge is -2.36. The number of carbonyl (C=O) groups excluding carboxylic acids is 1. The fraction of sp³-hybridized carbons (Fsp3) is 0.389. The average Bonchev–Trinajstić information content (AvgIpc) is 2.67. The molecule has 0 radical (unpaired) electrons. The SMILES string of the molecule is N=C/C(N)=C(/C(=N)Nc1ccc(N2CCN(CCCO)CC2)cc1)C(N)=O. The summed E-state index contributed by atoms with van der Waals surface area (Å²) in [6.45, 7) is 4.89. The van der Waals surface area contributed by atoms with E-state index in [2.05, 4.69) is 15.1 Å². The van der Waals surface area contributed by atoms with E-state index in [-0.39, 0.29) is 23.7 Å². The fourth-order valence-corrected chi connectivity index (χ4v) is 2.97. The normalized spacial score (nSPS) is 15.8.